The third kappa shape index (κ3) is 2.67. The van der Waals surface area contributed by atoms with Crippen LogP contribution < -0.4 is 5.32 Å². The fraction of sp³-hybridized carbons (Fsp3) is 1.00. The summed E-state index contributed by atoms with van der Waals surface area (Å²) in [6.07, 6.45) is 7.14. The molecule has 2 unspecified atom stereocenters. The van der Waals surface area contributed by atoms with Crippen molar-refractivity contribution in [3.8, 4) is 0 Å². The van der Waals surface area contributed by atoms with E-state index < -0.39 is 0 Å². The van der Waals surface area contributed by atoms with Gasteiger partial charge < -0.3 is 14.8 Å². The molecule has 2 aliphatic rings. The van der Waals surface area contributed by atoms with E-state index in [-0.39, 0.29) is 0 Å². The molecule has 2 atom stereocenters. The molecule has 0 radical (unpaired) electrons. The van der Waals surface area contributed by atoms with Gasteiger partial charge in [0, 0.05) is 18.1 Å². The SMILES string of the molecule is CCNC1CC(OCCOCC)C12CCCC2. The average molecular weight is 241 g/mol. The minimum Gasteiger partial charge on any atom is -0.379 e. The highest BCUT2D eigenvalue weighted by atomic mass is 16.5. The first kappa shape index (κ1) is 13.3. The normalized spacial score (nSPS) is 30.7. The van der Waals surface area contributed by atoms with Crippen molar-refractivity contribution in [2.75, 3.05) is 26.4 Å². The first-order chi connectivity index (χ1) is 8.33. The summed E-state index contributed by atoms with van der Waals surface area (Å²) in [4.78, 5) is 0. The highest BCUT2D eigenvalue weighted by Crippen LogP contribution is 2.54. The summed E-state index contributed by atoms with van der Waals surface area (Å²) in [5.41, 5.74) is 0.461. The van der Waals surface area contributed by atoms with Crippen LogP contribution in [0.5, 0.6) is 0 Å². The van der Waals surface area contributed by atoms with Crippen molar-refractivity contribution in [3.05, 3.63) is 0 Å². The lowest BCUT2D eigenvalue weighted by Crippen LogP contribution is -2.62. The number of ether oxygens (including phenoxy) is 2. The molecule has 3 heteroatoms. The highest BCUT2D eigenvalue weighted by molar-refractivity contribution is 5.09. The van der Waals surface area contributed by atoms with E-state index in [0.717, 1.165) is 26.4 Å². The van der Waals surface area contributed by atoms with Gasteiger partial charge in [-0.05, 0) is 32.7 Å². The van der Waals surface area contributed by atoms with Gasteiger partial charge in [-0.1, -0.05) is 19.8 Å². The van der Waals surface area contributed by atoms with E-state index in [1.54, 1.807) is 0 Å². The predicted octanol–water partition coefficient (Wildman–Crippen LogP) is 2.35. The maximum absolute atomic E-state index is 6.03. The van der Waals surface area contributed by atoms with Gasteiger partial charge in [0.25, 0.3) is 0 Å². The lowest BCUT2D eigenvalue weighted by molar-refractivity contribution is -0.140. The first-order valence-corrected chi connectivity index (χ1v) is 7.26. The Kier molecular flexibility index (Phi) is 4.83. The van der Waals surface area contributed by atoms with Crippen LogP contribution in [0.4, 0.5) is 0 Å². The fourth-order valence-corrected chi connectivity index (χ4v) is 3.61. The third-order valence-corrected chi connectivity index (χ3v) is 4.52. The van der Waals surface area contributed by atoms with Crippen LogP contribution in [0.25, 0.3) is 0 Å². The Bertz CT molecular complexity index is 226. The molecule has 1 N–H and O–H groups in total. The molecule has 0 aromatic rings. The zero-order valence-electron chi connectivity index (χ0n) is 11.3. The summed E-state index contributed by atoms with van der Waals surface area (Å²) >= 11 is 0. The van der Waals surface area contributed by atoms with Gasteiger partial charge in [0.05, 0.1) is 19.3 Å². The van der Waals surface area contributed by atoms with Crippen molar-refractivity contribution in [1.29, 1.82) is 0 Å². The zero-order chi connectivity index (χ0) is 12.1. The Labute approximate surface area is 105 Å². The van der Waals surface area contributed by atoms with Crippen LogP contribution in [0.1, 0.15) is 46.0 Å². The van der Waals surface area contributed by atoms with Crippen LogP contribution in [0.15, 0.2) is 0 Å². The molecule has 2 aliphatic carbocycles. The van der Waals surface area contributed by atoms with Crippen LogP contribution in [0, 0.1) is 5.41 Å². The van der Waals surface area contributed by atoms with Crippen molar-refractivity contribution in [3.63, 3.8) is 0 Å². The third-order valence-electron chi connectivity index (χ3n) is 4.52. The molecule has 0 saturated heterocycles. The summed E-state index contributed by atoms with van der Waals surface area (Å²) in [5, 5.41) is 3.64. The molecule has 2 fully saturated rings. The van der Waals surface area contributed by atoms with Crippen molar-refractivity contribution in [2.45, 2.75) is 58.1 Å². The van der Waals surface area contributed by atoms with Gasteiger partial charge in [-0.2, -0.15) is 0 Å². The first-order valence-electron chi connectivity index (χ1n) is 7.26. The standard InChI is InChI=1S/C14H27NO2/c1-3-15-12-11-13(17-10-9-16-4-2)14(12)7-5-6-8-14/h12-13,15H,3-11H2,1-2H3. The van der Waals surface area contributed by atoms with E-state index >= 15 is 0 Å². The molecule has 0 aromatic heterocycles. The monoisotopic (exact) mass is 241 g/mol. The van der Waals surface area contributed by atoms with E-state index in [4.69, 9.17) is 9.47 Å². The van der Waals surface area contributed by atoms with Gasteiger partial charge in [-0.15, -0.1) is 0 Å². The second kappa shape index (κ2) is 6.17. The van der Waals surface area contributed by atoms with Crippen LogP contribution >= 0.6 is 0 Å². The van der Waals surface area contributed by atoms with Crippen molar-refractivity contribution in [2.24, 2.45) is 5.41 Å². The molecule has 100 valence electrons. The molecule has 0 aliphatic heterocycles. The quantitative estimate of drug-likeness (QED) is 0.694. The second-order valence-corrected chi connectivity index (χ2v) is 5.34. The molecule has 0 amide bonds. The molecule has 0 aromatic carbocycles. The summed E-state index contributed by atoms with van der Waals surface area (Å²) in [6, 6.07) is 0.701. The van der Waals surface area contributed by atoms with Crippen molar-refractivity contribution < 1.29 is 9.47 Å². The maximum atomic E-state index is 6.03. The van der Waals surface area contributed by atoms with Gasteiger partial charge in [-0.3, -0.25) is 0 Å². The van der Waals surface area contributed by atoms with Gasteiger partial charge in [-0.25, -0.2) is 0 Å². The Balaban J connectivity index is 1.79. The Morgan fingerprint density at radius 3 is 2.59 bits per heavy atom. The molecule has 0 heterocycles. The lowest BCUT2D eigenvalue weighted by Gasteiger charge is -2.54. The van der Waals surface area contributed by atoms with Gasteiger partial charge in [0.15, 0.2) is 0 Å². The number of hydrogen-bond donors (Lipinski definition) is 1. The minimum atomic E-state index is 0.461. The van der Waals surface area contributed by atoms with Crippen molar-refractivity contribution in [1.82, 2.24) is 5.32 Å². The number of rotatable bonds is 7. The van der Waals surface area contributed by atoms with E-state index in [2.05, 4.69) is 12.2 Å². The predicted molar refractivity (Wildman–Crippen MR) is 69.2 cm³/mol. The lowest BCUT2D eigenvalue weighted by atomic mass is 9.60. The maximum Gasteiger partial charge on any atom is 0.0704 e. The van der Waals surface area contributed by atoms with Crippen LogP contribution in [0.3, 0.4) is 0 Å². The summed E-state index contributed by atoms with van der Waals surface area (Å²) in [7, 11) is 0. The van der Waals surface area contributed by atoms with E-state index in [0.29, 0.717) is 17.6 Å². The Morgan fingerprint density at radius 2 is 1.94 bits per heavy atom. The zero-order valence-corrected chi connectivity index (χ0v) is 11.3. The van der Waals surface area contributed by atoms with Gasteiger partial charge in [0.1, 0.15) is 0 Å². The molecule has 2 saturated carbocycles. The molecule has 2 rings (SSSR count). The molecule has 1 spiro atoms. The largest absolute Gasteiger partial charge is 0.379 e. The van der Waals surface area contributed by atoms with Crippen molar-refractivity contribution >= 4 is 0 Å². The summed E-state index contributed by atoms with van der Waals surface area (Å²) in [5.74, 6) is 0. The molecule has 17 heavy (non-hydrogen) atoms. The molecular formula is C14H27NO2. The highest BCUT2D eigenvalue weighted by Gasteiger charge is 2.56. The van der Waals surface area contributed by atoms with E-state index in [9.17, 15) is 0 Å². The molecule has 0 bridgehead atoms. The summed E-state index contributed by atoms with van der Waals surface area (Å²) < 4.78 is 11.4. The fourth-order valence-electron chi connectivity index (χ4n) is 3.61. The minimum absolute atomic E-state index is 0.461. The number of hydrogen-bond acceptors (Lipinski definition) is 3. The molecule has 3 nitrogen and oxygen atoms in total. The van der Waals surface area contributed by atoms with Gasteiger partial charge in [0.2, 0.25) is 0 Å². The van der Waals surface area contributed by atoms with E-state index in [1.165, 1.54) is 32.1 Å². The topological polar surface area (TPSA) is 30.5 Å². The smallest absolute Gasteiger partial charge is 0.0704 e. The molecular weight excluding hydrogens is 214 g/mol. The Hall–Kier alpha value is -0.120. The summed E-state index contributed by atoms with van der Waals surface area (Å²) in [6.45, 7) is 7.61. The average Bonchev–Trinajstić information content (AvgIpc) is 2.84. The second-order valence-electron chi connectivity index (χ2n) is 5.34. The van der Waals surface area contributed by atoms with Crippen LogP contribution in [-0.2, 0) is 9.47 Å². The van der Waals surface area contributed by atoms with Crippen LogP contribution in [-0.4, -0.2) is 38.5 Å². The van der Waals surface area contributed by atoms with Crippen LogP contribution in [0.2, 0.25) is 0 Å². The van der Waals surface area contributed by atoms with Gasteiger partial charge >= 0.3 is 0 Å². The Morgan fingerprint density at radius 1 is 1.18 bits per heavy atom. The number of nitrogens with one attached hydrogen (secondary N) is 1. The van der Waals surface area contributed by atoms with E-state index in [1.807, 2.05) is 6.92 Å².